The summed E-state index contributed by atoms with van der Waals surface area (Å²) in [5.74, 6) is 0. The zero-order chi connectivity index (χ0) is 14.0. The van der Waals surface area contributed by atoms with Gasteiger partial charge in [0, 0.05) is 37.8 Å². The molecule has 3 saturated heterocycles. The number of carbonyl (C=O) groups is 1. The number of rotatable bonds is 3. The molecule has 3 aliphatic rings. The van der Waals surface area contributed by atoms with Gasteiger partial charge >= 0.3 is 6.09 Å². The minimum absolute atomic E-state index is 0.0217. The van der Waals surface area contributed by atoms with Crippen LogP contribution in [-0.2, 0) is 4.74 Å². The second-order valence-electron chi connectivity index (χ2n) is 6.19. The van der Waals surface area contributed by atoms with E-state index in [-0.39, 0.29) is 24.3 Å². The number of hydrogen-bond donors (Lipinski definition) is 2. The van der Waals surface area contributed by atoms with Gasteiger partial charge in [-0.25, -0.2) is 4.79 Å². The van der Waals surface area contributed by atoms with Gasteiger partial charge in [-0.3, -0.25) is 4.90 Å². The second-order valence-corrected chi connectivity index (χ2v) is 6.19. The highest BCUT2D eigenvalue weighted by Crippen LogP contribution is 2.41. The molecule has 0 spiro atoms. The summed E-state index contributed by atoms with van der Waals surface area (Å²) in [6.45, 7) is 4.87. The number of carbonyl (C=O) groups excluding carboxylic acids is 1. The Hall–Kier alpha value is -0.850. The molecule has 6 heteroatoms. The highest BCUT2D eigenvalue weighted by atomic mass is 16.6. The average molecular weight is 283 g/mol. The van der Waals surface area contributed by atoms with Gasteiger partial charge in [-0.15, -0.1) is 0 Å². The summed E-state index contributed by atoms with van der Waals surface area (Å²) >= 11 is 0. The molecule has 1 amide bonds. The van der Waals surface area contributed by atoms with Gasteiger partial charge in [0.05, 0.1) is 6.61 Å². The van der Waals surface area contributed by atoms with E-state index in [2.05, 4.69) is 10.2 Å². The van der Waals surface area contributed by atoms with E-state index in [4.69, 9.17) is 4.74 Å². The van der Waals surface area contributed by atoms with Crippen molar-refractivity contribution in [3.63, 3.8) is 0 Å². The molecule has 0 aliphatic carbocycles. The number of aliphatic hydroxyl groups is 1. The standard InChI is InChI=1S/C14H25N3O3/c18-11-14-3-1-7-17(14)12(2-4-14)10-20-13(19)16-8-5-15-6-9-16/h12,15,18H,1-11H2. The van der Waals surface area contributed by atoms with E-state index in [1.54, 1.807) is 4.90 Å². The van der Waals surface area contributed by atoms with E-state index in [0.29, 0.717) is 6.61 Å². The number of nitrogens with zero attached hydrogens (tertiary/aromatic N) is 2. The summed E-state index contributed by atoms with van der Waals surface area (Å²) in [5.41, 5.74) is -0.0217. The van der Waals surface area contributed by atoms with E-state index < -0.39 is 0 Å². The van der Waals surface area contributed by atoms with Crippen LogP contribution >= 0.6 is 0 Å². The van der Waals surface area contributed by atoms with Crippen LogP contribution in [0.4, 0.5) is 4.79 Å². The third-order valence-electron chi connectivity index (χ3n) is 5.10. The fourth-order valence-electron chi connectivity index (χ4n) is 3.92. The fraction of sp³-hybridized carbons (Fsp3) is 0.929. The molecule has 3 fully saturated rings. The predicted molar refractivity (Wildman–Crippen MR) is 74.6 cm³/mol. The maximum Gasteiger partial charge on any atom is 0.409 e. The minimum atomic E-state index is -0.188. The minimum Gasteiger partial charge on any atom is -0.448 e. The smallest absolute Gasteiger partial charge is 0.409 e. The van der Waals surface area contributed by atoms with Crippen LogP contribution in [0.3, 0.4) is 0 Å². The Balaban J connectivity index is 1.50. The number of nitrogens with one attached hydrogen (secondary N) is 1. The molecule has 3 rings (SSSR count). The Labute approximate surface area is 120 Å². The van der Waals surface area contributed by atoms with E-state index in [1.807, 2.05) is 0 Å². The van der Waals surface area contributed by atoms with Crippen molar-refractivity contribution in [1.82, 2.24) is 15.1 Å². The molecule has 0 aromatic rings. The summed E-state index contributed by atoms with van der Waals surface area (Å²) in [7, 11) is 0. The van der Waals surface area contributed by atoms with Gasteiger partial charge < -0.3 is 20.1 Å². The lowest BCUT2D eigenvalue weighted by atomic mass is 9.95. The number of amides is 1. The van der Waals surface area contributed by atoms with Crippen LogP contribution in [-0.4, -0.2) is 78.5 Å². The monoisotopic (exact) mass is 283 g/mol. The molecule has 3 aliphatic heterocycles. The lowest BCUT2D eigenvalue weighted by Gasteiger charge is -2.33. The number of aliphatic hydroxyl groups excluding tert-OH is 1. The Morgan fingerprint density at radius 1 is 1.30 bits per heavy atom. The van der Waals surface area contributed by atoms with Crippen molar-refractivity contribution < 1.29 is 14.6 Å². The molecule has 0 aromatic heterocycles. The van der Waals surface area contributed by atoms with Crippen molar-refractivity contribution in [2.24, 2.45) is 0 Å². The summed E-state index contributed by atoms with van der Waals surface area (Å²) in [6, 6.07) is 0.288. The largest absolute Gasteiger partial charge is 0.448 e. The lowest BCUT2D eigenvalue weighted by Crippen LogP contribution is -2.49. The molecule has 2 N–H and O–H groups in total. The van der Waals surface area contributed by atoms with E-state index in [1.165, 1.54) is 0 Å². The molecule has 3 heterocycles. The van der Waals surface area contributed by atoms with Crippen molar-refractivity contribution in [2.45, 2.75) is 37.3 Å². The zero-order valence-electron chi connectivity index (χ0n) is 12.0. The van der Waals surface area contributed by atoms with Gasteiger partial charge in [0.25, 0.3) is 0 Å². The molecule has 114 valence electrons. The van der Waals surface area contributed by atoms with Crippen molar-refractivity contribution in [3.8, 4) is 0 Å². The molecular formula is C14H25N3O3. The first-order valence-corrected chi connectivity index (χ1v) is 7.75. The van der Waals surface area contributed by atoms with Crippen LogP contribution in [0.1, 0.15) is 25.7 Å². The number of ether oxygens (including phenoxy) is 1. The van der Waals surface area contributed by atoms with Crippen LogP contribution in [0.2, 0.25) is 0 Å². The van der Waals surface area contributed by atoms with Gasteiger partial charge in [0.2, 0.25) is 0 Å². The highest BCUT2D eigenvalue weighted by molar-refractivity contribution is 5.67. The summed E-state index contributed by atoms with van der Waals surface area (Å²) in [5, 5.41) is 12.9. The van der Waals surface area contributed by atoms with Crippen LogP contribution in [0.25, 0.3) is 0 Å². The molecule has 2 unspecified atom stereocenters. The van der Waals surface area contributed by atoms with Gasteiger partial charge in [-0.2, -0.15) is 0 Å². The maximum atomic E-state index is 12.0. The molecule has 2 atom stereocenters. The molecule has 0 saturated carbocycles. The van der Waals surface area contributed by atoms with Crippen molar-refractivity contribution in [2.75, 3.05) is 45.9 Å². The Morgan fingerprint density at radius 2 is 2.10 bits per heavy atom. The Morgan fingerprint density at radius 3 is 2.85 bits per heavy atom. The lowest BCUT2D eigenvalue weighted by molar-refractivity contribution is 0.0397. The Kier molecular flexibility index (Phi) is 4.14. The summed E-state index contributed by atoms with van der Waals surface area (Å²) in [6.07, 6.45) is 4.08. The Bertz CT molecular complexity index is 360. The second kappa shape index (κ2) is 5.87. The number of piperazine rings is 1. The van der Waals surface area contributed by atoms with E-state index in [9.17, 15) is 9.90 Å². The van der Waals surface area contributed by atoms with Gasteiger partial charge in [-0.05, 0) is 32.2 Å². The van der Waals surface area contributed by atoms with Crippen molar-refractivity contribution in [3.05, 3.63) is 0 Å². The van der Waals surface area contributed by atoms with Crippen molar-refractivity contribution in [1.29, 1.82) is 0 Å². The first-order chi connectivity index (χ1) is 9.75. The van der Waals surface area contributed by atoms with Gasteiger partial charge in [-0.1, -0.05) is 0 Å². The first kappa shape index (κ1) is 14.1. The molecule has 6 nitrogen and oxygen atoms in total. The molecule has 0 aromatic carbocycles. The van der Waals surface area contributed by atoms with E-state index >= 15 is 0 Å². The fourth-order valence-corrected chi connectivity index (χ4v) is 3.92. The predicted octanol–water partition coefficient (Wildman–Crippen LogP) is 0.0175. The molecular weight excluding hydrogens is 258 g/mol. The molecule has 0 bridgehead atoms. The number of hydrogen-bond acceptors (Lipinski definition) is 5. The topological polar surface area (TPSA) is 65.0 Å². The highest BCUT2D eigenvalue weighted by Gasteiger charge is 2.48. The maximum absolute atomic E-state index is 12.0. The quantitative estimate of drug-likeness (QED) is 0.764. The first-order valence-electron chi connectivity index (χ1n) is 7.75. The van der Waals surface area contributed by atoms with Gasteiger partial charge in [0.15, 0.2) is 0 Å². The summed E-state index contributed by atoms with van der Waals surface area (Å²) < 4.78 is 5.50. The third kappa shape index (κ3) is 2.52. The molecule has 20 heavy (non-hydrogen) atoms. The molecule has 0 radical (unpaired) electrons. The number of fused-ring (bicyclic) bond motifs is 1. The van der Waals surface area contributed by atoms with Crippen LogP contribution < -0.4 is 5.32 Å². The summed E-state index contributed by atoms with van der Waals surface area (Å²) in [4.78, 5) is 16.1. The van der Waals surface area contributed by atoms with Crippen molar-refractivity contribution >= 4 is 6.09 Å². The van der Waals surface area contributed by atoms with Crippen LogP contribution in [0, 0.1) is 0 Å². The third-order valence-corrected chi connectivity index (χ3v) is 5.10. The average Bonchev–Trinajstić information content (AvgIpc) is 3.05. The normalized spacial score (nSPS) is 34.2. The van der Waals surface area contributed by atoms with Crippen LogP contribution in [0.5, 0.6) is 0 Å². The van der Waals surface area contributed by atoms with Gasteiger partial charge in [0.1, 0.15) is 6.61 Å². The SMILES string of the molecule is O=C(OCC1CCC2(CO)CCCN12)N1CCNCC1. The van der Waals surface area contributed by atoms with E-state index in [0.717, 1.165) is 58.4 Å². The zero-order valence-corrected chi connectivity index (χ0v) is 12.0. The van der Waals surface area contributed by atoms with Crippen LogP contribution in [0.15, 0.2) is 0 Å².